The Hall–Kier alpha value is -1.87. The number of nitrogens with one attached hydrogen (secondary N) is 1. The van der Waals surface area contributed by atoms with Crippen molar-refractivity contribution in [3.05, 3.63) is 33.9 Å². The molecule has 1 aliphatic heterocycles. The number of likely N-dealkylation sites (tertiary alicyclic amines) is 1. The number of piperidine rings is 1. The predicted molar refractivity (Wildman–Crippen MR) is 82.8 cm³/mol. The smallest absolute Gasteiger partial charge is 0.395 e. The molecule has 1 aliphatic rings. The molecule has 1 heterocycles. The zero-order valence-corrected chi connectivity index (χ0v) is 13.1. The van der Waals surface area contributed by atoms with Crippen LogP contribution in [0.3, 0.4) is 0 Å². The summed E-state index contributed by atoms with van der Waals surface area (Å²) in [5, 5.41) is 22.8. The van der Waals surface area contributed by atoms with Crippen LogP contribution in [0.4, 0.5) is 24.5 Å². The first-order valence-electron chi connectivity index (χ1n) is 7.74. The van der Waals surface area contributed by atoms with Crippen LogP contribution in [-0.2, 0) is 6.18 Å². The van der Waals surface area contributed by atoms with Crippen molar-refractivity contribution in [3.8, 4) is 0 Å². The van der Waals surface area contributed by atoms with Gasteiger partial charge in [-0.05, 0) is 44.0 Å². The van der Waals surface area contributed by atoms with Gasteiger partial charge in [0.25, 0.3) is 5.69 Å². The van der Waals surface area contributed by atoms with E-state index in [2.05, 4.69) is 10.2 Å². The lowest BCUT2D eigenvalue weighted by Crippen LogP contribution is -2.37. The largest absolute Gasteiger partial charge is 0.416 e. The zero-order valence-electron chi connectivity index (χ0n) is 13.1. The van der Waals surface area contributed by atoms with E-state index < -0.39 is 22.4 Å². The van der Waals surface area contributed by atoms with Gasteiger partial charge in [0.15, 0.2) is 0 Å². The van der Waals surface area contributed by atoms with Gasteiger partial charge in [0.1, 0.15) is 5.69 Å². The Bertz CT molecular complexity index is 573. The van der Waals surface area contributed by atoms with Crippen LogP contribution in [0.15, 0.2) is 18.2 Å². The number of anilines is 1. The molecule has 0 aliphatic carbocycles. The van der Waals surface area contributed by atoms with Gasteiger partial charge in [-0.3, -0.25) is 10.1 Å². The van der Waals surface area contributed by atoms with Crippen molar-refractivity contribution in [1.82, 2.24) is 4.90 Å². The highest BCUT2D eigenvalue weighted by molar-refractivity contribution is 5.63. The van der Waals surface area contributed by atoms with Gasteiger partial charge in [0.2, 0.25) is 0 Å². The molecule has 9 heteroatoms. The van der Waals surface area contributed by atoms with E-state index in [1.54, 1.807) is 0 Å². The molecule has 24 heavy (non-hydrogen) atoms. The van der Waals surface area contributed by atoms with E-state index in [1.807, 2.05) is 0 Å². The summed E-state index contributed by atoms with van der Waals surface area (Å²) in [6, 6.07) is 2.52. The number of nitro groups is 1. The number of β-amino-alcohol motifs (C(OH)–C–C–N with tert-alkyl or cyclic N) is 1. The van der Waals surface area contributed by atoms with Crippen LogP contribution >= 0.6 is 0 Å². The summed E-state index contributed by atoms with van der Waals surface area (Å²) >= 11 is 0. The van der Waals surface area contributed by atoms with Gasteiger partial charge >= 0.3 is 6.18 Å². The minimum absolute atomic E-state index is 0.103. The average molecular weight is 347 g/mol. The van der Waals surface area contributed by atoms with Gasteiger partial charge in [0, 0.05) is 19.2 Å². The maximum atomic E-state index is 12.7. The normalized spacial score (nSPS) is 17.0. The van der Waals surface area contributed by atoms with Gasteiger partial charge in [-0.2, -0.15) is 13.2 Å². The topological polar surface area (TPSA) is 78.6 Å². The number of hydrogen-bond donors (Lipinski definition) is 2. The van der Waals surface area contributed by atoms with E-state index in [0.29, 0.717) is 25.1 Å². The van der Waals surface area contributed by atoms with Crippen LogP contribution in [0, 0.1) is 16.0 Å². The lowest BCUT2D eigenvalue weighted by Gasteiger charge is -2.31. The summed E-state index contributed by atoms with van der Waals surface area (Å²) in [5.74, 6) is 0.293. The molecule has 0 atom stereocenters. The number of halogens is 3. The molecule has 0 bridgehead atoms. The fraction of sp³-hybridized carbons (Fsp3) is 0.600. The molecular weight excluding hydrogens is 327 g/mol. The Morgan fingerprint density at radius 1 is 1.33 bits per heavy atom. The molecule has 134 valence electrons. The third-order valence-corrected chi connectivity index (χ3v) is 4.23. The second-order valence-corrected chi connectivity index (χ2v) is 5.88. The van der Waals surface area contributed by atoms with Crippen molar-refractivity contribution in [2.75, 3.05) is 38.1 Å². The molecule has 1 fully saturated rings. The third kappa shape index (κ3) is 4.81. The Morgan fingerprint density at radius 2 is 2.00 bits per heavy atom. The highest BCUT2D eigenvalue weighted by atomic mass is 19.4. The first-order valence-corrected chi connectivity index (χ1v) is 7.74. The number of rotatable bonds is 6. The summed E-state index contributed by atoms with van der Waals surface area (Å²) in [6.07, 6.45) is -2.86. The second kappa shape index (κ2) is 7.80. The van der Waals surface area contributed by atoms with Crippen molar-refractivity contribution < 1.29 is 23.2 Å². The Morgan fingerprint density at radius 3 is 2.54 bits per heavy atom. The predicted octanol–water partition coefficient (Wildman–Crippen LogP) is 2.73. The maximum Gasteiger partial charge on any atom is 0.416 e. The standard InChI is InChI=1S/C15H20F3N3O3/c16-15(17,18)12-1-2-13(14(9-12)21(23)24)19-10-11-3-5-20(6-4-11)7-8-22/h1-2,9,11,19,22H,3-8,10H2. The molecule has 1 aromatic carbocycles. The molecule has 2 N–H and O–H groups in total. The minimum Gasteiger partial charge on any atom is -0.395 e. The fourth-order valence-corrected chi connectivity index (χ4v) is 2.82. The average Bonchev–Trinajstić information content (AvgIpc) is 2.53. The van der Waals surface area contributed by atoms with Crippen molar-refractivity contribution >= 4 is 11.4 Å². The Labute approximate surface area is 137 Å². The Kier molecular flexibility index (Phi) is 6.00. The molecular formula is C15H20F3N3O3. The molecule has 6 nitrogen and oxygen atoms in total. The van der Waals surface area contributed by atoms with E-state index in [-0.39, 0.29) is 12.3 Å². The molecule has 1 aromatic rings. The van der Waals surface area contributed by atoms with Crippen LogP contribution in [0.5, 0.6) is 0 Å². The van der Waals surface area contributed by atoms with Gasteiger partial charge < -0.3 is 15.3 Å². The van der Waals surface area contributed by atoms with Gasteiger partial charge in [-0.1, -0.05) is 0 Å². The van der Waals surface area contributed by atoms with Crippen LogP contribution in [0.2, 0.25) is 0 Å². The lowest BCUT2D eigenvalue weighted by atomic mass is 9.96. The first kappa shape index (κ1) is 18.5. The van der Waals surface area contributed by atoms with Crippen molar-refractivity contribution in [2.45, 2.75) is 19.0 Å². The number of aliphatic hydroxyl groups is 1. The molecule has 0 spiro atoms. The number of nitrogens with zero attached hydrogens (tertiary/aromatic N) is 2. The van der Waals surface area contributed by atoms with Crippen LogP contribution in [0.1, 0.15) is 18.4 Å². The first-order chi connectivity index (χ1) is 11.3. The molecule has 0 amide bonds. The minimum atomic E-state index is -4.61. The highest BCUT2D eigenvalue weighted by Crippen LogP contribution is 2.35. The number of nitro benzene ring substituents is 1. The van der Waals surface area contributed by atoms with E-state index in [4.69, 9.17) is 5.11 Å². The summed E-state index contributed by atoms with van der Waals surface area (Å²) in [7, 11) is 0. The third-order valence-electron chi connectivity index (χ3n) is 4.23. The highest BCUT2D eigenvalue weighted by Gasteiger charge is 2.33. The monoisotopic (exact) mass is 347 g/mol. The summed E-state index contributed by atoms with van der Waals surface area (Å²) in [4.78, 5) is 12.4. The number of benzene rings is 1. The van der Waals surface area contributed by atoms with Crippen molar-refractivity contribution in [1.29, 1.82) is 0 Å². The number of aliphatic hydroxyl groups excluding tert-OH is 1. The summed E-state index contributed by atoms with van der Waals surface area (Å²) in [5.41, 5.74) is -1.50. The molecule has 1 saturated heterocycles. The van der Waals surface area contributed by atoms with Crippen LogP contribution in [0.25, 0.3) is 0 Å². The fourth-order valence-electron chi connectivity index (χ4n) is 2.82. The quantitative estimate of drug-likeness (QED) is 0.611. The number of alkyl halides is 3. The Balaban J connectivity index is 1.99. The van der Waals surface area contributed by atoms with Gasteiger partial charge in [0.05, 0.1) is 17.1 Å². The maximum absolute atomic E-state index is 12.7. The molecule has 2 rings (SSSR count). The summed E-state index contributed by atoms with van der Waals surface area (Å²) < 4.78 is 38.0. The molecule has 0 radical (unpaired) electrons. The second-order valence-electron chi connectivity index (χ2n) is 5.88. The van der Waals surface area contributed by atoms with E-state index in [0.717, 1.165) is 38.1 Å². The SMILES string of the molecule is O=[N+]([O-])c1cc(C(F)(F)F)ccc1NCC1CCN(CCO)CC1. The molecule has 0 aromatic heterocycles. The summed E-state index contributed by atoms with van der Waals surface area (Å²) in [6.45, 7) is 2.88. The zero-order chi connectivity index (χ0) is 17.7. The number of hydrogen-bond acceptors (Lipinski definition) is 5. The van der Waals surface area contributed by atoms with E-state index in [1.165, 1.54) is 0 Å². The lowest BCUT2D eigenvalue weighted by molar-refractivity contribution is -0.384. The van der Waals surface area contributed by atoms with Gasteiger partial charge in [-0.15, -0.1) is 0 Å². The van der Waals surface area contributed by atoms with Crippen LogP contribution in [-0.4, -0.2) is 47.7 Å². The van der Waals surface area contributed by atoms with Gasteiger partial charge in [-0.25, -0.2) is 0 Å². The molecule has 0 unspecified atom stereocenters. The van der Waals surface area contributed by atoms with E-state index in [9.17, 15) is 23.3 Å². The van der Waals surface area contributed by atoms with Crippen molar-refractivity contribution in [2.24, 2.45) is 5.92 Å². The molecule has 0 saturated carbocycles. The van der Waals surface area contributed by atoms with Crippen LogP contribution < -0.4 is 5.32 Å². The van der Waals surface area contributed by atoms with Crippen molar-refractivity contribution in [3.63, 3.8) is 0 Å². The van der Waals surface area contributed by atoms with E-state index >= 15 is 0 Å².